The molecule has 1 unspecified atom stereocenters. The van der Waals surface area contributed by atoms with E-state index < -0.39 is 0 Å². The summed E-state index contributed by atoms with van der Waals surface area (Å²) < 4.78 is 0. The maximum Gasteiger partial charge on any atom is 0.0684 e. The lowest BCUT2D eigenvalue weighted by atomic mass is 9.97. The van der Waals surface area contributed by atoms with Gasteiger partial charge in [0.05, 0.1) is 11.7 Å². The van der Waals surface area contributed by atoms with Gasteiger partial charge in [-0.1, -0.05) is 32.0 Å². The van der Waals surface area contributed by atoms with Gasteiger partial charge in [0, 0.05) is 5.39 Å². The highest BCUT2D eigenvalue weighted by Crippen LogP contribution is 2.25. The first-order chi connectivity index (χ1) is 6.33. The van der Waals surface area contributed by atoms with Gasteiger partial charge in [-0.3, -0.25) is 5.10 Å². The van der Waals surface area contributed by atoms with Gasteiger partial charge in [0.2, 0.25) is 0 Å². The zero-order valence-corrected chi connectivity index (χ0v) is 8.04. The van der Waals surface area contributed by atoms with Crippen LogP contribution in [0.25, 0.3) is 10.9 Å². The van der Waals surface area contributed by atoms with Crippen LogP contribution in [0.3, 0.4) is 0 Å². The molecular weight excluding hydrogens is 160 g/mol. The summed E-state index contributed by atoms with van der Waals surface area (Å²) >= 11 is 0. The molecule has 1 aromatic carbocycles. The number of fused-ring (bicyclic) bond motifs is 1. The Kier molecular flexibility index (Phi) is 2.05. The Labute approximate surface area is 78.0 Å². The molecule has 0 bridgehead atoms. The Hall–Kier alpha value is -1.31. The average molecular weight is 174 g/mol. The molecule has 2 rings (SSSR count). The number of benzene rings is 1. The third-order valence-corrected chi connectivity index (χ3v) is 2.65. The minimum atomic E-state index is 0.601. The summed E-state index contributed by atoms with van der Waals surface area (Å²) in [7, 11) is 0. The molecule has 68 valence electrons. The lowest BCUT2D eigenvalue weighted by molar-refractivity contribution is 0.737. The largest absolute Gasteiger partial charge is 0.278 e. The summed E-state index contributed by atoms with van der Waals surface area (Å²) in [6.07, 6.45) is 3.04. The first-order valence-electron chi connectivity index (χ1n) is 4.75. The molecule has 0 saturated carbocycles. The normalized spacial score (nSPS) is 13.4. The van der Waals surface area contributed by atoms with Crippen LogP contribution in [0.1, 0.15) is 31.7 Å². The minimum absolute atomic E-state index is 0.601. The highest BCUT2D eigenvalue weighted by Gasteiger charge is 2.07. The first kappa shape index (κ1) is 8.30. The average Bonchev–Trinajstić information content (AvgIpc) is 2.63. The smallest absolute Gasteiger partial charge is 0.0684 e. The van der Waals surface area contributed by atoms with Gasteiger partial charge in [0.1, 0.15) is 0 Å². The number of nitrogens with one attached hydrogen (secondary N) is 1. The Balaban J connectivity index is 2.60. The Morgan fingerprint density at radius 3 is 3.08 bits per heavy atom. The van der Waals surface area contributed by atoms with E-state index in [-0.39, 0.29) is 0 Å². The highest BCUT2D eigenvalue weighted by atomic mass is 15.1. The molecule has 0 spiro atoms. The van der Waals surface area contributed by atoms with Crippen LogP contribution in [0.2, 0.25) is 0 Å². The standard InChI is InChI=1S/C11H14N2/c1-3-8(2)10-6-4-5-9-7-12-13-11(9)10/h4-8H,3H2,1-2H3,(H,12,13). The SMILES string of the molecule is CCC(C)c1cccc2cn[nH]c12. The van der Waals surface area contributed by atoms with Crippen molar-refractivity contribution in [3.05, 3.63) is 30.0 Å². The monoisotopic (exact) mass is 174 g/mol. The van der Waals surface area contributed by atoms with Gasteiger partial charge >= 0.3 is 0 Å². The third-order valence-electron chi connectivity index (χ3n) is 2.65. The molecule has 0 fully saturated rings. The van der Waals surface area contributed by atoms with Crippen molar-refractivity contribution in [1.82, 2.24) is 10.2 Å². The third kappa shape index (κ3) is 1.32. The molecule has 0 aliphatic carbocycles. The van der Waals surface area contributed by atoms with E-state index in [0.717, 1.165) is 6.42 Å². The Morgan fingerprint density at radius 1 is 1.46 bits per heavy atom. The topological polar surface area (TPSA) is 28.7 Å². The summed E-state index contributed by atoms with van der Waals surface area (Å²) in [6.45, 7) is 4.45. The molecule has 0 radical (unpaired) electrons. The van der Waals surface area contributed by atoms with E-state index in [4.69, 9.17) is 0 Å². The predicted octanol–water partition coefficient (Wildman–Crippen LogP) is 3.08. The van der Waals surface area contributed by atoms with Gasteiger partial charge in [-0.05, 0) is 17.9 Å². The van der Waals surface area contributed by atoms with E-state index in [2.05, 4.69) is 42.2 Å². The lowest BCUT2D eigenvalue weighted by Crippen LogP contribution is -1.92. The molecule has 2 heteroatoms. The van der Waals surface area contributed by atoms with Gasteiger partial charge in [0.25, 0.3) is 0 Å². The number of aromatic nitrogens is 2. The van der Waals surface area contributed by atoms with Crippen LogP contribution in [0.15, 0.2) is 24.4 Å². The molecule has 1 N–H and O–H groups in total. The summed E-state index contributed by atoms with van der Waals surface area (Å²) in [4.78, 5) is 0. The molecule has 0 amide bonds. The van der Waals surface area contributed by atoms with Crippen molar-refractivity contribution >= 4 is 10.9 Å². The molecule has 0 saturated heterocycles. The molecule has 1 aromatic heterocycles. The summed E-state index contributed by atoms with van der Waals surface area (Å²) in [5, 5.41) is 8.31. The maximum atomic E-state index is 4.05. The van der Waals surface area contributed by atoms with Crippen LogP contribution < -0.4 is 0 Å². The van der Waals surface area contributed by atoms with Crippen LogP contribution in [0, 0.1) is 0 Å². The van der Waals surface area contributed by atoms with Crippen LogP contribution in [-0.2, 0) is 0 Å². The fourth-order valence-electron chi connectivity index (χ4n) is 1.62. The maximum absolute atomic E-state index is 4.05. The summed E-state index contributed by atoms with van der Waals surface area (Å²) in [6, 6.07) is 6.36. The van der Waals surface area contributed by atoms with Crippen molar-refractivity contribution in [2.45, 2.75) is 26.2 Å². The molecule has 2 aromatic rings. The number of hydrogen-bond acceptors (Lipinski definition) is 1. The van der Waals surface area contributed by atoms with E-state index in [1.54, 1.807) is 0 Å². The summed E-state index contributed by atoms with van der Waals surface area (Å²) in [5.41, 5.74) is 2.56. The highest BCUT2D eigenvalue weighted by molar-refractivity contribution is 5.81. The fraction of sp³-hybridized carbons (Fsp3) is 0.364. The van der Waals surface area contributed by atoms with Gasteiger partial charge < -0.3 is 0 Å². The van der Waals surface area contributed by atoms with E-state index in [0.29, 0.717) is 5.92 Å². The van der Waals surface area contributed by atoms with Crippen molar-refractivity contribution in [1.29, 1.82) is 0 Å². The second-order valence-electron chi connectivity index (χ2n) is 3.49. The van der Waals surface area contributed by atoms with E-state index in [1.165, 1.54) is 16.5 Å². The van der Waals surface area contributed by atoms with E-state index in [9.17, 15) is 0 Å². The Morgan fingerprint density at radius 2 is 2.31 bits per heavy atom. The lowest BCUT2D eigenvalue weighted by Gasteiger charge is -2.09. The van der Waals surface area contributed by atoms with Gasteiger partial charge in [-0.15, -0.1) is 0 Å². The van der Waals surface area contributed by atoms with Gasteiger partial charge in [-0.2, -0.15) is 5.10 Å². The first-order valence-corrected chi connectivity index (χ1v) is 4.75. The second kappa shape index (κ2) is 3.21. The van der Waals surface area contributed by atoms with Crippen molar-refractivity contribution in [3.63, 3.8) is 0 Å². The zero-order chi connectivity index (χ0) is 9.26. The molecule has 0 aliphatic heterocycles. The van der Waals surface area contributed by atoms with E-state index >= 15 is 0 Å². The van der Waals surface area contributed by atoms with Crippen LogP contribution >= 0.6 is 0 Å². The van der Waals surface area contributed by atoms with Gasteiger partial charge in [0.15, 0.2) is 0 Å². The van der Waals surface area contributed by atoms with Crippen molar-refractivity contribution < 1.29 is 0 Å². The van der Waals surface area contributed by atoms with Crippen LogP contribution in [-0.4, -0.2) is 10.2 Å². The predicted molar refractivity (Wildman–Crippen MR) is 54.8 cm³/mol. The van der Waals surface area contributed by atoms with Crippen molar-refractivity contribution in [2.75, 3.05) is 0 Å². The number of nitrogens with zero attached hydrogens (tertiary/aromatic N) is 1. The minimum Gasteiger partial charge on any atom is -0.278 e. The summed E-state index contributed by atoms with van der Waals surface area (Å²) in [5.74, 6) is 0.601. The Bertz CT molecular complexity index is 403. The molecule has 0 aliphatic rings. The molecule has 1 atom stereocenters. The quantitative estimate of drug-likeness (QED) is 0.744. The molecular formula is C11H14N2. The molecule has 2 nitrogen and oxygen atoms in total. The number of para-hydroxylation sites is 1. The zero-order valence-electron chi connectivity index (χ0n) is 8.04. The molecule has 1 heterocycles. The van der Waals surface area contributed by atoms with Crippen LogP contribution in [0.4, 0.5) is 0 Å². The number of aromatic amines is 1. The number of H-pyrrole nitrogens is 1. The fourth-order valence-corrected chi connectivity index (χ4v) is 1.62. The number of hydrogen-bond donors (Lipinski definition) is 1. The number of rotatable bonds is 2. The second-order valence-corrected chi connectivity index (χ2v) is 3.49. The van der Waals surface area contributed by atoms with Crippen molar-refractivity contribution in [3.8, 4) is 0 Å². The van der Waals surface area contributed by atoms with Gasteiger partial charge in [-0.25, -0.2) is 0 Å². The van der Waals surface area contributed by atoms with Crippen molar-refractivity contribution in [2.24, 2.45) is 0 Å². The van der Waals surface area contributed by atoms with E-state index in [1.807, 2.05) is 6.20 Å². The van der Waals surface area contributed by atoms with Crippen LogP contribution in [0.5, 0.6) is 0 Å². The molecule has 13 heavy (non-hydrogen) atoms.